The van der Waals surface area contributed by atoms with E-state index in [4.69, 9.17) is 16.9 Å². The van der Waals surface area contributed by atoms with Gasteiger partial charge in [-0.05, 0) is 38.5 Å². The average Bonchev–Trinajstić information content (AvgIpc) is 2.74. The quantitative estimate of drug-likeness (QED) is 0.924. The van der Waals surface area contributed by atoms with Gasteiger partial charge in [-0.2, -0.15) is 5.26 Å². The Labute approximate surface area is 118 Å². The standard InChI is InChI=1S/C15H17ClN2O/c1-4-13(15(2,3)19)18-8-7-11-12(18)6-5-10(9-17)14(11)16/h5-8,13,19H,4H2,1-3H3. The second-order valence-electron chi connectivity index (χ2n) is 5.27. The van der Waals surface area contributed by atoms with Gasteiger partial charge < -0.3 is 9.67 Å². The Bertz CT molecular complexity index is 646. The van der Waals surface area contributed by atoms with Gasteiger partial charge in [0.25, 0.3) is 0 Å². The van der Waals surface area contributed by atoms with Crippen molar-refractivity contribution in [2.45, 2.75) is 38.8 Å². The van der Waals surface area contributed by atoms with Crippen molar-refractivity contribution in [2.75, 3.05) is 0 Å². The molecule has 0 aliphatic heterocycles. The van der Waals surface area contributed by atoms with Crippen LogP contribution in [0.1, 0.15) is 38.8 Å². The van der Waals surface area contributed by atoms with Gasteiger partial charge >= 0.3 is 0 Å². The molecule has 0 fully saturated rings. The van der Waals surface area contributed by atoms with E-state index in [2.05, 4.69) is 6.07 Å². The van der Waals surface area contributed by atoms with Crippen LogP contribution in [0.4, 0.5) is 0 Å². The zero-order chi connectivity index (χ0) is 14.2. The highest BCUT2D eigenvalue weighted by atomic mass is 35.5. The summed E-state index contributed by atoms with van der Waals surface area (Å²) in [5.41, 5.74) is 0.599. The fourth-order valence-corrected chi connectivity index (χ4v) is 2.86. The summed E-state index contributed by atoms with van der Waals surface area (Å²) in [5.74, 6) is 0. The highest BCUT2D eigenvalue weighted by molar-refractivity contribution is 6.36. The molecule has 0 radical (unpaired) electrons. The topological polar surface area (TPSA) is 49.0 Å². The maximum absolute atomic E-state index is 10.3. The van der Waals surface area contributed by atoms with Gasteiger partial charge in [0, 0.05) is 17.1 Å². The molecule has 1 atom stereocenters. The van der Waals surface area contributed by atoms with E-state index in [0.717, 1.165) is 17.3 Å². The minimum Gasteiger partial charge on any atom is -0.388 e. The van der Waals surface area contributed by atoms with E-state index >= 15 is 0 Å². The van der Waals surface area contributed by atoms with Gasteiger partial charge in [0.1, 0.15) is 6.07 Å². The first-order valence-electron chi connectivity index (χ1n) is 6.31. The molecular weight excluding hydrogens is 260 g/mol. The molecule has 0 spiro atoms. The van der Waals surface area contributed by atoms with Crippen molar-refractivity contribution in [2.24, 2.45) is 0 Å². The van der Waals surface area contributed by atoms with Crippen LogP contribution < -0.4 is 0 Å². The van der Waals surface area contributed by atoms with Crippen LogP contribution in [0.15, 0.2) is 24.4 Å². The first-order chi connectivity index (χ1) is 8.90. The number of hydrogen-bond acceptors (Lipinski definition) is 2. The molecule has 1 unspecified atom stereocenters. The van der Waals surface area contributed by atoms with Gasteiger partial charge in [-0.25, -0.2) is 0 Å². The van der Waals surface area contributed by atoms with E-state index in [0.29, 0.717) is 10.6 Å². The van der Waals surface area contributed by atoms with E-state index in [-0.39, 0.29) is 6.04 Å². The fourth-order valence-electron chi connectivity index (χ4n) is 2.60. The van der Waals surface area contributed by atoms with Crippen molar-refractivity contribution in [1.29, 1.82) is 5.26 Å². The fraction of sp³-hybridized carbons (Fsp3) is 0.400. The van der Waals surface area contributed by atoms with Crippen molar-refractivity contribution >= 4 is 22.5 Å². The summed E-state index contributed by atoms with van der Waals surface area (Å²) in [7, 11) is 0. The third-order valence-corrected chi connectivity index (χ3v) is 3.90. The highest BCUT2D eigenvalue weighted by Crippen LogP contribution is 2.33. The van der Waals surface area contributed by atoms with Gasteiger partial charge in [-0.15, -0.1) is 0 Å². The minimum absolute atomic E-state index is 0.0333. The molecule has 0 aliphatic carbocycles. The van der Waals surface area contributed by atoms with Crippen LogP contribution in [0.2, 0.25) is 5.02 Å². The van der Waals surface area contributed by atoms with Crippen LogP contribution >= 0.6 is 11.6 Å². The third kappa shape index (κ3) is 2.34. The van der Waals surface area contributed by atoms with Crippen LogP contribution in [0.5, 0.6) is 0 Å². The first kappa shape index (κ1) is 13.9. The first-order valence-corrected chi connectivity index (χ1v) is 6.69. The van der Waals surface area contributed by atoms with Crippen LogP contribution in [-0.4, -0.2) is 15.3 Å². The van der Waals surface area contributed by atoms with E-state index in [1.165, 1.54) is 0 Å². The van der Waals surface area contributed by atoms with Gasteiger partial charge in [0.2, 0.25) is 0 Å². The largest absolute Gasteiger partial charge is 0.388 e. The summed E-state index contributed by atoms with van der Waals surface area (Å²) in [6.07, 6.45) is 2.73. The predicted molar refractivity (Wildman–Crippen MR) is 77.3 cm³/mol. The Morgan fingerprint density at radius 1 is 1.42 bits per heavy atom. The number of fused-ring (bicyclic) bond motifs is 1. The number of nitrogens with zero attached hydrogens (tertiary/aromatic N) is 2. The molecular formula is C15H17ClN2O. The predicted octanol–water partition coefficient (Wildman–Crippen LogP) is 3.89. The lowest BCUT2D eigenvalue weighted by molar-refractivity contribution is 0.0231. The lowest BCUT2D eigenvalue weighted by Crippen LogP contribution is -2.32. The van der Waals surface area contributed by atoms with Crippen LogP contribution in [-0.2, 0) is 0 Å². The number of aliphatic hydroxyl groups is 1. The zero-order valence-electron chi connectivity index (χ0n) is 11.3. The van der Waals surface area contributed by atoms with E-state index in [1.54, 1.807) is 19.9 Å². The van der Waals surface area contributed by atoms with Crippen molar-refractivity contribution in [3.8, 4) is 6.07 Å². The number of halogens is 1. The number of nitriles is 1. The van der Waals surface area contributed by atoms with Crippen LogP contribution in [0, 0.1) is 11.3 Å². The molecule has 2 rings (SSSR count). The molecule has 4 heteroatoms. The SMILES string of the molecule is CCC(n1ccc2c(Cl)c(C#N)ccc21)C(C)(C)O. The minimum atomic E-state index is -0.818. The second-order valence-corrected chi connectivity index (χ2v) is 5.65. The molecule has 0 aliphatic rings. The Morgan fingerprint density at radius 2 is 2.11 bits per heavy atom. The summed E-state index contributed by atoms with van der Waals surface area (Å²) in [6.45, 7) is 5.65. The highest BCUT2D eigenvalue weighted by Gasteiger charge is 2.27. The summed E-state index contributed by atoms with van der Waals surface area (Å²) >= 11 is 6.22. The molecule has 1 aromatic heterocycles. The van der Waals surface area contributed by atoms with Crippen molar-refractivity contribution < 1.29 is 5.11 Å². The molecule has 1 aromatic carbocycles. The van der Waals surface area contributed by atoms with E-state index in [1.807, 2.05) is 29.8 Å². The Balaban J connectivity index is 2.65. The second kappa shape index (κ2) is 4.88. The monoisotopic (exact) mass is 276 g/mol. The number of benzene rings is 1. The number of rotatable bonds is 3. The molecule has 0 bridgehead atoms. The molecule has 19 heavy (non-hydrogen) atoms. The third-order valence-electron chi connectivity index (χ3n) is 3.50. The summed E-state index contributed by atoms with van der Waals surface area (Å²) in [6, 6.07) is 7.55. The van der Waals surface area contributed by atoms with E-state index in [9.17, 15) is 5.11 Å². The van der Waals surface area contributed by atoms with Crippen molar-refractivity contribution in [1.82, 2.24) is 4.57 Å². The smallest absolute Gasteiger partial charge is 0.101 e. The maximum Gasteiger partial charge on any atom is 0.101 e. The summed E-state index contributed by atoms with van der Waals surface area (Å²) < 4.78 is 2.03. The van der Waals surface area contributed by atoms with Gasteiger partial charge in [-0.1, -0.05) is 18.5 Å². The number of hydrogen-bond donors (Lipinski definition) is 1. The maximum atomic E-state index is 10.3. The molecule has 0 saturated carbocycles. The van der Waals surface area contributed by atoms with E-state index < -0.39 is 5.60 Å². The molecule has 0 saturated heterocycles. The molecule has 0 amide bonds. The molecule has 100 valence electrons. The molecule has 1 N–H and O–H groups in total. The Kier molecular flexibility index (Phi) is 3.58. The van der Waals surface area contributed by atoms with Gasteiger partial charge in [0.15, 0.2) is 0 Å². The van der Waals surface area contributed by atoms with Crippen LogP contribution in [0.25, 0.3) is 10.9 Å². The molecule has 1 heterocycles. The number of aromatic nitrogens is 1. The Hall–Kier alpha value is -1.50. The molecule has 3 nitrogen and oxygen atoms in total. The molecule has 2 aromatic rings. The normalized spacial score (nSPS) is 13.5. The van der Waals surface area contributed by atoms with Crippen molar-refractivity contribution in [3.05, 3.63) is 35.0 Å². The van der Waals surface area contributed by atoms with Crippen LogP contribution in [0.3, 0.4) is 0 Å². The lowest BCUT2D eigenvalue weighted by Gasteiger charge is -2.30. The summed E-state index contributed by atoms with van der Waals surface area (Å²) in [4.78, 5) is 0. The summed E-state index contributed by atoms with van der Waals surface area (Å²) in [5, 5.41) is 20.6. The van der Waals surface area contributed by atoms with Gasteiger partial charge in [0.05, 0.1) is 22.2 Å². The van der Waals surface area contributed by atoms with Crippen molar-refractivity contribution in [3.63, 3.8) is 0 Å². The zero-order valence-corrected chi connectivity index (χ0v) is 12.1. The Morgan fingerprint density at radius 3 is 2.63 bits per heavy atom. The lowest BCUT2D eigenvalue weighted by atomic mass is 9.96. The van der Waals surface area contributed by atoms with Gasteiger partial charge in [-0.3, -0.25) is 0 Å². The average molecular weight is 277 g/mol.